The minimum absolute atomic E-state index is 0.210. The Kier molecular flexibility index (Phi) is 6.04. The van der Waals surface area contributed by atoms with Gasteiger partial charge in [0.05, 0.1) is 32.5 Å². The van der Waals surface area contributed by atoms with E-state index in [2.05, 4.69) is 0 Å². The molecule has 1 aliphatic heterocycles. The number of carbonyl (C=O) groups is 2. The molecule has 0 N–H and O–H groups in total. The van der Waals surface area contributed by atoms with Gasteiger partial charge < -0.3 is 23.7 Å². The number of rotatable bonds is 6. The second-order valence-corrected chi connectivity index (χ2v) is 7.26. The van der Waals surface area contributed by atoms with Crippen molar-refractivity contribution in [2.45, 2.75) is 6.92 Å². The number of Topliss-reactive ketones (excluding diaryl/α,β-unsaturated/α-hetero) is 1. The lowest BCUT2D eigenvalue weighted by atomic mass is 10.1. The van der Waals surface area contributed by atoms with Crippen LogP contribution in [-0.4, -0.2) is 33.1 Å². The van der Waals surface area contributed by atoms with E-state index in [1.165, 1.54) is 39.5 Å². The van der Waals surface area contributed by atoms with Crippen LogP contribution in [0.3, 0.4) is 0 Å². The second kappa shape index (κ2) is 9.08. The molecule has 33 heavy (non-hydrogen) atoms. The van der Waals surface area contributed by atoms with Gasteiger partial charge in [-0.3, -0.25) is 4.79 Å². The molecule has 0 spiro atoms. The van der Waals surface area contributed by atoms with Crippen LogP contribution < -0.4 is 23.7 Å². The first-order valence-corrected chi connectivity index (χ1v) is 10.1. The van der Waals surface area contributed by atoms with Crippen molar-refractivity contribution >= 4 is 17.8 Å². The Labute approximate surface area is 191 Å². The number of hydrogen-bond donors (Lipinski definition) is 0. The maximum absolute atomic E-state index is 12.8. The van der Waals surface area contributed by atoms with E-state index in [4.69, 9.17) is 23.7 Å². The molecule has 3 aromatic rings. The van der Waals surface area contributed by atoms with E-state index < -0.39 is 5.97 Å². The smallest absolute Gasteiger partial charge is 0.343 e. The predicted molar refractivity (Wildman–Crippen MR) is 122 cm³/mol. The lowest BCUT2D eigenvalue weighted by Crippen LogP contribution is -2.09. The first-order valence-electron chi connectivity index (χ1n) is 10.1. The number of hydrogen-bond acceptors (Lipinski definition) is 7. The summed E-state index contributed by atoms with van der Waals surface area (Å²) in [5.41, 5.74) is 2.53. The molecular weight excluding hydrogens is 424 g/mol. The molecule has 0 aliphatic carbocycles. The van der Waals surface area contributed by atoms with Gasteiger partial charge in [0, 0.05) is 6.07 Å². The van der Waals surface area contributed by atoms with Gasteiger partial charge in [0.25, 0.3) is 0 Å². The Morgan fingerprint density at radius 2 is 1.61 bits per heavy atom. The molecular formula is C26H22O7. The van der Waals surface area contributed by atoms with Crippen LogP contribution in [0.5, 0.6) is 28.7 Å². The zero-order valence-electron chi connectivity index (χ0n) is 18.6. The molecule has 0 bridgehead atoms. The number of ether oxygens (including phenoxy) is 5. The molecule has 0 unspecified atom stereocenters. The van der Waals surface area contributed by atoms with E-state index in [1.807, 2.05) is 31.2 Å². The first kappa shape index (κ1) is 22.0. The van der Waals surface area contributed by atoms with Gasteiger partial charge in [0.15, 0.2) is 17.3 Å². The van der Waals surface area contributed by atoms with E-state index >= 15 is 0 Å². The Morgan fingerprint density at radius 1 is 0.909 bits per heavy atom. The van der Waals surface area contributed by atoms with Gasteiger partial charge in [-0.15, -0.1) is 0 Å². The summed E-state index contributed by atoms with van der Waals surface area (Å²) in [7, 11) is 4.40. The third-order valence-electron chi connectivity index (χ3n) is 5.23. The van der Waals surface area contributed by atoms with Crippen molar-refractivity contribution in [3.8, 4) is 28.7 Å². The number of aryl methyl sites for hydroxylation is 1. The van der Waals surface area contributed by atoms with Crippen molar-refractivity contribution in [3.05, 3.63) is 82.6 Å². The molecule has 3 aromatic carbocycles. The van der Waals surface area contributed by atoms with Crippen LogP contribution in [-0.2, 0) is 0 Å². The van der Waals surface area contributed by atoms with Crippen LogP contribution in [0.1, 0.15) is 31.8 Å². The predicted octanol–water partition coefficient (Wildman–Crippen LogP) is 4.86. The van der Waals surface area contributed by atoms with Crippen LogP contribution in [0.25, 0.3) is 6.08 Å². The molecule has 4 rings (SSSR count). The van der Waals surface area contributed by atoms with Crippen LogP contribution in [0.4, 0.5) is 0 Å². The summed E-state index contributed by atoms with van der Waals surface area (Å²) in [5.74, 6) is 0.953. The van der Waals surface area contributed by atoms with Gasteiger partial charge in [-0.2, -0.15) is 0 Å². The van der Waals surface area contributed by atoms with Crippen molar-refractivity contribution in [3.63, 3.8) is 0 Å². The number of allylic oxidation sites excluding steroid dienone is 1. The van der Waals surface area contributed by atoms with Crippen molar-refractivity contribution in [1.82, 2.24) is 0 Å². The standard InChI is InChI=1S/C26H22O7/c1-15-7-5-6-8-16(15)11-21-24(27)19-10-9-18(14-20(19)33-21)32-26(28)17-12-22(29-2)25(31-4)23(13-17)30-3/h5-14H,1-4H3. The summed E-state index contributed by atoms with van der Waals surface area (Å²) < 4.78 is 27.1. The van der Waals surface area contributed by atoms with Gasteiger partial charge in [0.1, 0.15) is 11.5 Å². The molecule has 0 fully saturated rings. The number of methoxy groups -OCH3 is 3. The van der Waals surface area contributed by atoms with Crippen molar-refractivity contribution in [1.29, 1.82) is 0 Å². The Balaban J connectivity index is 1.58. The van der Waals surface area contributed by atoms with E-state index in [9.17, 15) is 9.59 Å². The van der Waals surface area contributed by atoms with E-state index in [1.54, 1.807) is 18.2 Å². The van der Waals surface area contributed by atoms with Crippen molar-refractivity contribution in [2.24, 2.45) is 0 Å². The van der Waals surface area contributed by atoms with Crippen LogP contribution in [0, 0.1) is 6.92 Å². The number of esters is 1. The Morgan fingerprint density at radius 3 is 2.24 bits per heavy atom. The van der Waals surface area contributed by atoms with E-state index in [0.29, 0.717) is 28.6 Å². The first-order chi connectivity index (χ1) is 15.9. The highest BCUT2D eigenvalue weighted by Crippen LogP contribution is 2.39. The molecule has 0 saturated heterocycles. The zero-order chi connectivity index (χ0) is 23.5. The molecule has 7 heteroatoms. The summed E-state index contributed by atoms with van der Waals surface area (Å²) in [6, 6.07) is 15.3. The fourth-order valence-electron chi connectivity index (χ4n) is 3.49. The van der Waals surface area contributed by atoms with Gasteiger partial charge in [-0.05, 0) is 48.4 Å². The van der Waals surface area contributed by atoms with E-state index in [-0.39, 0.29) is 22.9 Å². The zero-order valence-corrected chi connectivity index (χ0v) is 18.6. The third-order valence-corrected chi connectivity index (χ3v) is 5.23. The number of fused-ring (bicyclic) bond motifs is 1. The maximum Gasteiger partial charge on any atom is 0.343 e. The highest BCUT2D eigenvalue weighted by Gasteiger charge is 2.28. The fourth-order valence-corrected chi connectivity index (χ4v) is 3.49. The summed E-state index contributed by atoms with van der Waals surface area (Å²) >= 11 is 0. The van der Waals surface area contributed by atoms with Crippen molar-refractivity contribution < 1.29 is 33.3 Å². The fraction of sp³-hybridized carbons (Fsp3) is 0.154. The lowest BCUT2D eigenvalue weighted by Gasteiger charge is -2.13. The molecule has 0 atom stereocenters. The molecule has 1 aliphatic rings. The summed E-state index contributed by atoms with van der Waals surface area (Å²) in [6.07, 6.45) is 1.71. The Hall–Kier alpha value is -4.26. The van der Waals surface area contributed by atoms with Gasteiger partial charge >= 0.3 is 5.97 Å². The van der Waals surface area contributed by atoms with Gasteiger partial charge in [-0.1, -0.05) is 24.3 Å². The number of benzene rings is 3. The third kappa shape index (κ3) is 4.25. The topological polar surface area (TPSA) is 80.3 Å². The summed E-state index contributed by atoms with van der Waals surface area (Å²) in [4.78, 5) is 25.5. The van der Waals surface area contributed by atoms with Gasteiger partial charge in [0.2, 0.25) is 11.5 Å². The average Bonchev–Trinajstić information content (AvgIpc) is 3.13. The molecule has 0 saturated carbocycles. The monoisotopic (exact) mass is 446 g/mol. The van der Waals surface area contributed by atoms with Crippen LogP contribution in [0.2, 0.25) is 0 Å². The normalized spacial score (nSPS) is 13.3. The number of ketones is 1. The van der Waals surface area contributed by atoms with Gasteiger partial charge in [-0.25, -0.2) is 4.79 Å². The summed E-state index contributed by atoms with van der Waals surface area (Å²) in [5, 5.41) is 0. The lowest BCUT2D eigenvalue weighted by molar-refractivity contribution is 0.0733. The quantitative estimate of drug-likeness (QED) is 0.304. The molecule has 168 valence electrons. The average molecular weight is 446 g/mol. The van der Waals surface area contributed by atoms with E-state index in [0.717, 1.165) is 11.1 Å². The largest absolute Gasteiger partial charge is 0.493 e. The highest BCUT2D eigenvalue weighted by molar-refractivity contribution is 6.14. The summed E-state index contributed by atoms with van der Waals surface area (Å²) in [6.45, 7) is 1.96. The molecule has 1 heterocycles. The highest BCUT2D eigenvalue weighted by atomic mass is 16.5. The van der Waals surface area contributed by atoms with Crippen LogP contribution in [0.15, 0.2) is 60.4 Å². The SMILES string of the molecule is COc1cc(C(=O)Oc2ccc3c(c2)OC(=Cc2ccccc2C)C3=O)cc(OC)c1OC. The molecule has 0 amide bonds. The number of carbonyl (C=O) groups excluding carboxylic acids is 2. The molecule has 7 nitrogen and oxygen atoms in total. The minimum atomic E-state index is -0.630. The molecule has 0 radical (unpaired) electrons. The van der Waals surface area contributed by atoms with Crippen molar-refractivity contribution in [2.75, 3.05) is 21.3 Å². The Bertz CT molecular complexity index is 1250. The second-order valence-electron chi connectivity index (χ2n) is 7.26. The minimum Gasteiger partial charge on any atom is -0.493 e. The maximum atomic E-state index is 12.8. The molecule has 0 aromatic heterocycles. The van der Waals surface area contributed by atoms with Crippen LogP contribution >= 0.6 is 0 Å².